The van der Waals surface area contributed by atoms with Crippen LogP contribution in [0.15, 0.2) is 12.3 Å². The first-order valence-electron chi connectivity index (χ1n) is 6.84. The normalized spacial score (nSPS) is 17.1. The number of aromatic nitrogens is 1. The molecule has 1 aliphatic rings. The Kier molecular flexibility index (Phi) is 4.58. The van der Waals surface area contributed by atoms with Crippen LogP contribution in [0, 0.1) is 17.2 Å². The van der Waals surface area contributed by atoms with Gasteiger partial charge < -0.3 is 16.0 Å². The molecule has 2 rings (SSSR count). The molecule has 0 unspecified atom stereocenters. The molecule has 1 aromatic rings. The highest BCUT2D eigenvalue weighted by Crippen LogP contribution is 2.19. The number of nitrogens with two attached hydrogens (primary N) is 1. The summed E-state index contributed by atoms with van der Waals surface area (Å²) in [6, 6.07) is 3.79. The van der Waals surface area contributed by atoms with E-state index in [1.165, 1.54) is 25.9 Å². The van der Waals surface area contributed by atoms with Gasteiger partial charge in [0.05, 0.1) is 17.4 Å². The van der Waals surface area contributed by atoms with Gasteiger partial charge in [0.1, 0.15) is 11.9 Å². The van der Waals surface area contributed by atoms with Gasteiger partial charge in [0.25, 0.3) is 0 Å². The van der Waals surface area contributed by atoms with Crippen LogP contribution in [-0.2, 0) is 0 Å². The topological polar surface area (TPSA) is 78.0 Å². The van der Waals surface area contributed by atoms with E-state index in [1.807, 2.05) is 0 Å². The molecule has 0 bridgehead atoms. The van der Waals surface area contributed by atoms with Crippen LogP contribution in [0.25, 0.3) is 0 Å². The molecule has 0 atom stereocenters. The van der Waals surface area contributed by atoms with Crippen LogP contribution in [-0.4, -0.2) is 36.1 Å². The van der Waals surface area contributed by atoms with Crippen molar-refractivity contribution in [2.75, 3.05) is 37.2 Å². The largest absolute Gasteiger partial charge is 0.397 e. The molecule has 5 nitrogen and oxygen atoms in total. The number of hydrogen-bond acceptors (Lipinski definition) is 5. The van der Waals surface area contributed by atoms with Crippen molar-refractivity contribution in [3.8, 4) is 6.07 Å². The second kappa shape index (κ2) is 6.39. The lowest BCUT2D eigenvalue weighted by Crippen LogP contribution is -2.35. The summed E-state index contributed by atoms with van der Waals surface area (Å²) in [4.78, 5) is 6.67. The first-order chi connectivity index (χ1) is 9.22. The Morgan fingerprint density at radius 3 is 2.89 bits per heavy atom. The molecule has 1 aromatic heterocycles. The number of anilines is 2. The van der Waals surface area contributed by atoms with Gasteiger partial charge in [-0.2, -0.15) is 5.26 Å². The van der Waals surface area contributed by atoms with Gasteiger partial charge in [-0.3, -0.25) is 0 Å². The molecule has 0 aliphatic carbocycles. The van der Waals surface area contributed by atoms with E-state index in [-0.39, 0.29) is 0 Å². The second-order valence-electron chi connectivity index (χ2n) is 5.04. The summed E-state index contributed by atoms with van der Waals surface area (Å²) in [7, 11) is 0. The summed E-state index contributed by atoms with van der Waals surface area (Å²) < 4.78 is 0. The van der Waals surface area contributed by atoms with Crippen LogP contribution in [0.2, 0.25) is 0 Å². The number of nitrogen functional groups attached to an aromatic ring is 1. The zero-order valence-electron chi connectivity index (χ0n) is 11.4. The highest BCUT2D eigenvalue weighted by atomic mass is 15.1. The minimum absolute atomic E-state index is 0.519. The Labute approximate surface area is 114 Å². The molecule has 102 valence electrons. The predicted octanol–water partition coefficient (Wildman–Crippen LogP) is 1.68. The average Bonchev–Trinajstić information content (AvgIpc) is 2.46. The van der Waals surface area contributed by atoms with E-state index in [4.69, 9.17) is 11.0 Å². The van der Waals surface area contributed by atoms with Crippen molar-refractivity contribution >= 4 is 11.5 Å². The van der Waals surface area contributed by atoms with Crippen molar-refractivity contribution < 1.29 is 0 Å². The van der Waals surface area contributed by atoms with E-state index in [0.29, 0.717) is 23.0 Å². The van der Waals surface area contributed by atoms with Crippen LogP contribution in [0.5, 0.6) is 0 Å². The molecular weight excluding hydrogens is 238 g/mol. The zero-order valence-corrected chi connectivity index (χ0v) is 11.4. The number of piperidine rings is 1. The van der Waals surface area contributed by atoms with Gasteiger partial charge in [0.15, 0.2) is 0 Å². The Hall–Kier alpha value is -1.80. The minimum Gasteiger partial charge on any atom is -0.397 e. The number of nitrogens with zero attached hydrogens (tertiary/aromatic N) is 3. The third-order valence-corrected chi connectivity index (χ3v) is 3.74. The maximum absolute atomic E-state index is 9.05. The fraction of sp³-hybridized carbons (Fsp3) is 0.571. The number of nitriles is 1. The number of rotatable bonds is 4. The van der Waals surface area contributed by atoms with E-state index in [2.05, 4.69) is 28.2 Å². The summed E-state index contributed by atoms with van der Waals surface area (Å²) in [5.74, 6) is 1.31. The first-order valence-corrected chi connectivity index (χ1v) is 6.84. The Morgan fingerprint density at radius 2 is 2.26 bits per heavy atom. The van der Waals surface area contributed by atoms with Gasteiger partial charge in [-0.1, -0.05) is 6.92 Å². The van der Waals surface area contributed by atoms with Crippen molar-refractivity contribution in [1.29, 1.82) is 5.26 Å². The third kappa shape index (κ3) is 3.58. The number of hydrogen-bond donors (Lipinski definition) is 2. The van der Waals surface area contributed by atoms with E-state index in [0.717, 1.165) is 13.1 Å². The summed E-state index contributed by atoms with van der Waals surface area (Å²) in [5, 5.41) is 12.3. The number of nitrogens with one attached hydrogen (secondary N) is 1. The highest BCUT2D eigenvalue weighted by Gasteiger charge is 2.18. The van der Waals surface area contributed by atoms with Crippen molar-refractivity contribution in [2.45, 2.75) is 19.8 Å². The van der Waals surface area contributed by atoms with Crippen LogP contribution in [0.4, 0.5) is 11.5 Å². The summed E-state index contributed by atoms with van der Waals surface area (Å²) in [6.45, 7) is 6.56. The molecule has 5 heteroatoms. The molecule has 0 radical (unpaired) electrons. The van der Waals surface area contributed by atoms with Crippen LogP contribution >= 0.6 is 0 Å². The van der Waals surface area contributed by atoms with Crippen molar-refractivity contribution in [3.05, 3.63) is 17.8 Å². The maximum Gasteiger partial charge on any atom is 0.144 e. The van der Waals surface area contributed by atoms with Gasteiger partial charge in [0, 0.05) is 6.54 Å². The number of pyridine rings is 1. The quantitative estimate of drug-likeness (QED) is 0.860. The monoisotopic (exact) mass is 259 g/mol. The standard InChI is InChI=1S/C14H21N5/c1-2-19-5-3-11(4-6-19)9-17-14-12(8-15)7-13(16)10-18-14/h7,10-11H,2-6,9,16H2,1H3,(H,17,18). The molecule has 3 N–H and O–H groups in total. The van der Waals surface area contributed by atoms with Crippen molar-refractivity contribution in [1.82, 2.24) is 9.88 Å². The molecule has 1 saturated heterocycles. The minimum atomic E-state index is 0.519. The fourth-order valence-corrected chi connectivity index (χ4v) is 2.45. The van der Waals surface area contributed by atoms with Crippen LogP contribution in [0.3, 0.4) is 0 Å². The third-order valence-electron chi connectivity index (χ3n) is 3.74. The van der Waals surface area contributed by atoms with Gasteiger partial charge in [-0.25, -0.2) is 4.98 Å². The lowest BCUT2D eigenvalue weighted by Gasteiger charge is -2.31. The van der Waals surface area contributed by atoms with E-state index in [1.54, 1.807) is 12.3 Å². The van der Waals surface area contributed by atoms with Crippen LogP contribution in [0.1, 0.15) is 25.3 Å². The SMILES string of the molecule is CCN1CCC(CNc2ncc(N)cc2C#N)CC1. The summed E-state index contributed by atoms with van der Waals surface area (Å²) in [5.41, 5.74) is 6.67. The van der Waals surface area contributed by atoms with Crippen molar-refractivity contribution in [2.24, 2.45) is 5.92 Å². The summed E-state index contributed by atoms with van der Waals surface area (Å²) >= 11 is 0. The van der Waals surface area contributed by atoms with E-state index < -0.39 is 0 Å². The van der Waals surface area contributed by atoms with Gasteiger partial charge in [0.2, 0.25) is 0 Å². The van der Waals surface area contributed by atoms with Crippen LogP contribution < -0.4 is 11.1 Å². The van der Waals surface area contributed by atoms with E-state index >= 15 is 0 Å². The zero-order chi connectivity index (χ0) is 13.7. The fourth-order valence-electron chi connectivity index (χ4n) is 2.45. The Morgan fingerprint density at radius 1 is 1.53 bits per heavy atom. The lowest BCUT2D eigenvalue weighted by atomic mass is 9.97. The summed E-state index contributed by atoms with van der Waals surface area (Å²) in [6.07, 6.45) is 4.00. The molecular formula is C14H21N5. The molecule has 2 heterocycles. The van der Waals surface area contributed by atoms with Gasteiger partial charge in [-0.15, -0.1) is 0 Å². The lowest BCUT2D eigenvalue weighted by molar-refractivity contribution is 0.198. The van der Waals surface area contributed by atoms with Gasteiger partial charge >= 0.3 is 0 Å². The smallest absolute Gasteiger partial charge is 0.144 e. The highest BCUT2D eigenvalue weighted by molar-refractivity contribution is 5.57. The molecule has 0 saturated carbocycles. The molecule has 0 amide bonds. The molecule has 19 heavy (non-hydrogen) atoms. The molecule has 1 fully saturated rings. The van der Waals surface area contributed by atoms with Crippen molar-refractivity contribution in [3.63, 3.8) is 0 Å². The Bertz CT molecular complexity index is 457. The van der Waals surface area contributed by atoms with E-state index in [9.17, 15) is 0 Å². The average molecular weight is 259 g/mol. The molecule has 1 aliphatic heterocycles. The second-order valence-corrected chi connectivity index (χ2v) is 5.04. The molecule has 0 spiro atoms. The van der Waals surface area contributed by atoms with Gasteiger partial charge in [-0.05, 0) is 44.5 Å². The predicted molar refractivity (Wildman–Crippen MR) is 76.7 cm³/mol. The Balaban J connectivity index is 1.88. The first kappa shape index (κ1) is 13.6. The number of likely N-dealkylation sites (tertiary alicyclic amines) is 1. The molecule has 0 aromatic carbocycles. The maximum atomic E-state index is 9.05.